The number of hydrogen-bond donors (Lipinski definition) is 2. The normalized spacial score (nSPS) is 11.4. The predicted molar refractivity (Wildman–Crippen MR) is 74.9 cm³/mol. The van der Waals surface area contributed by atoms with Gasteiger partial charge in [0.2, 0.25) is 0 Å². The van der Waals surface area contributed by atoms with Crippen LogP contribution in [0.3, 0.4) is 0 Å². The first-order valence-electron chi connectivity index (χ1n) is 5.88. The molecule has 0 spiro atoms. The Hall–Kier alpha value is -2.83. The number of amides is 1. The van der Waals surface area contributed by atoms with Gasteiger partial charge in [0.15, 0.2) is 11.5 Å². The standard InChI is InChI=1S/C13H15N5O2/c1-17-8-7-11(15-17)13(19)18(2)10-5-3-9(4-6-10)12(14)16-20/h3-8,20H,1-2H3,(H2,14,16). The fourth-order valence-corrected chi connectivity index (χ4v) is 1.73. The molecule has 0 bridgehead atoms. The van der Waals surface area contributed by atoms with Crippen LogP contribution in [0.4, 0.5) is 5.69 Å². The van der Waals surface area contributed by atoms with Gasteiger partial charge < -0.3 is 15.8 Å². The minimum Gasteiger partial charge on any atom is -0.409 e. The molecule has 0 atom stereocenters. The van der Waals surface area contributed by atoms with Crippen LogP contribution in [0.5, 0.6) is 0 Å². The van der Waals surface area contributed by atoms with Gasteiger partial charge in [-0.05, 0) is 30.3 Å². The van der Waals surface area contributed by atoms with Gasteiger partial charge in [-0.25, -0.2) is 0 Å². The quantitative estimate of drug-likeness (QED) is 0.374. The fraction of sp³-hybridized carbons (Fsp3) is 0.154. The molecule has 7 heteroatoms. The summed E-state index contributed by atoms with van der Waals surface area (Å²) in [5, 5.41) is 15.6. The number of hydrogen-bond acceptors (Lipinski definition) is 4. The largest absolute Gasteiger partial charge is 0.409 e. The van der Waals surface area contributed by atoms with Crippen molar-refractivity contribution in [2.24, 2.45) is 17.9 Å². The number of anilines is 1. The highest BCUT2D eigenvalue weighted by Crippen LogP contribution is 2.16. The number of nitrogens with two attached hydrogens (primary N) is 1. The van der Waals surface area contributed by atoms with Crippen molar-refractivity contribution in [3.63, 3.8) is 0 Å². The zero-order chi connectivity index (χ0) is 14.7. The van der Waals surface area contributed by atoms with E-state index in [4.69, 9.17) is 10.9 Å². The number of aromatic nitrogens is 2. The molecule has 1 heterocycles. The second kappa shape index (κ2) is 5.43. The molecule has 0 aliphatic carbocycles. The molecule has 0 fully saturated rings. The van der Waals surface area contributed by atoms with Gasteiger partial charge >= 0.3 is 0 Å². The molecule has 0 aliphatic rings. The molecule has 1 amide bonds. The Morgan fingerprint density at radius 1 is 1.35 bits per heavy atom. The molecule has 20 heavy (non-hydrogen) atoms. The molecule has 3 N–H and O–H groups in total. The first kappa shape index (κ1) is 13.6. The van der Waals surface area contributed by atoms with Crippen LogP contribution in [-0.2, 0) is 7.05 Å². The van der Waals surface area contributed by atoms with Gasteiger partial charge in [-0.3, -0.25) is 9.48 Å². The third kappa shape index (κ3) is 2.61. The summed E-state index contributed by atoms with van der Waals surface area (Å²) >= 11 is 0. The smallest absolute Gasteiger partial charge is 0.278 e. The highest BCUT2D eigenvalue weighted by atomic mass is 16.4. The highest BCUT2D eigenvalue weighted by molar-refractivity contribution is 6.04. The lowest BCUT2D eigenvalue weighted by molar-refractivity contribution is 0.0987. The molecule has 0 saturated carbocycles. The van der Waals surface area contributed by atoms with Crippen molar-refractivity contribution in [2.75, 3.05) is 11.9 Å². The van der Waals surface area contributed by atoms with E-state index >= 15 is 0 Å². The van der Waals surface area contributed by atoms with E-state index in [1.54, 1.807) is 55.3 Å². The van der Waals surface area contributed by atoms with Crippen molar-refractivity contribution >= 4 is 17.4 Å². The summed E-state index contributed by atoms with van der Waals surface area (Å²) in [6.45, 7) is 0. The summed E-state index contributed by atoms with van der Waals surface area (Å²) in [6.07, 6.45) is 1.71. The molecular formula is C13H15N5O2. The number of oxime groups is 1. The topological polar surface area (TPSA) is 96.7 Å². The average molecular weight is 273 g/mol. The van der Waals surface area contributed by atoms with Crippen LogP contribution in [0.15, 0.2) is 41.7 Å². The molecule has 0 saturated heterocycles. The van der Waals surface area contributed by atoms with E-state index in [1.807, 2.05) is 0 Å². The second-order valence-corrected chi connectivity index (χ2v) is 4.27. The summed E-state index contributed by atoms with van der Waals surface area (Å²) in [7, 11) is 3.41. The molecule has 1 aromatic heterocycles. The van der Waals surface area contributed by atoms with Crippen LogP contribution in [0, 0.1) is 0 Å². The molecule has 0 unspecified atom stereocenters. The van der Waals surface area contributed by atoms with E-state index in [9.17, 15) is 4.79 Å². The van der Waals surface area contributed by atoms with Gasteiger partial charge in [-0.2, -0.15) is 5.10 Å². The minimum atomic E-state index is -0.206. The lowest BCUT2D eigenvalue weighted by Crippen LogP contribution is -2.26. The van der Waals surface area contributed by atoms with Crippen molar-refractivity contribution in [3.8, 4) is 0 Å². The SMILES string of the molecule is CN(C(=O)c1ccn(C)n1)c1ccc(/C(N)=N/O)cc1. The maximum absolute atomic E-state index is 12.2. The van der Waals surface area contributed by atoms with Crippen LogP contribution < -0.4 is 10.6 Å². The monoisotopic (exact) mass is 273 g/mol. The number of amidine groups is 1. The van der Waals surface area contributed by atoms with E-state index in [0.29, 0.717) is 16.9 Å². The Morgan fingerprint density at radius 3 is 2.50 bits per heavy atom. The van der Waals surface area contributed by atoms with E-state index in [-0.39, 0.29) is 11.7 Å². The first-order valence-corrected chi connectivity index (χ1v) is 5.88. The maximum atomic E-state index is 12.2. The number of rotatable bonds is 3. The molecule has 104 valence electrons. The van der Waals surface area contributed by atoms with E-state index in [0.717, 1.165) is 0 Å². The second-order valence-electron chi connectivity index (χ2n) is 4.27. The van der Waals surface area contributed by atoms with Crippen molar-refractivity contribution in [2.45, 2.75) is 0 Å². The van der Waals surface area contributed by atoms with Gasteiger partial charge in [0.05, 0.1) is 0 Å². The minimum absolute atomic E-state index is 0.0234. The van der Waals surface area contributed by atoms with Crippen LogP contribution >= 0.6 is 0 Å². The third-order valence-electron chi connectivity index (χ3n) is 2.90. The Balaban J connectivity index is 2.21. The molecule has 7 nitrogen and oxygen atoms in total. The van der Waals surface area contributed by atoms with Gasteiger partial charge in [-0.15, -0.1) is 0 Å². The Kier molecular flexibility index (Phi) is 3.69. The van der Waals surface area contributed by atoms with Crippen LogP contribution in [0.2, 0.25) is 0 Å². The molecule has 0 radical (unpaired) electrons. The first-order chi connectivity index (χ1) is 9.52. The molecule has 1 aromatic carbocycles. The van der Waals surface area contributed by atoms with Gasteiger partial charge in [0.1, 0.15) is 0 Å². The summed E-state index contributed by atoms with van der Waals surface area (Å²) in [6, 6.07) is 8.44. The number of nitrogens with zero attached hydrogens (tertiary/aromatic N) is 4. The summed E-state index contributed by atoms with van der Waals surface area (Å²) in [5.74, 6) is -0.183. The number of benzene rings is 1. The van der Waals surface area contributed by atoms with Crippen LogP contribution in [0.1, 0.15) is 16.1 Å². The lowest BCUT2D eigenvalue weighted by Gasteiger charge is -2.16. The van der Waals surface area contributed by atoms with Crippen LogP contribution in [0.25, 0.3) is 0 Å². The van der Waals surface area contributed by atoms with Crippen molar-refractivity contribution in [1.82, 2.24) is 9.78 Å². The van der Waals surface area contributed by atoms with E-state index in [2.05, 4.69) is 10.3 Å². The zero-order valence-corrected chi connectivity index (χ0v) is 11.2. The third-order valence-corrected chi connectivity index (χ3v) is 2.90. The van der Waals surface area contributed by atoms with Crippen molar-refractivity contribution < 1.29 is 10.0 Å². The molecule has 2 aromatic rings. The van der Waals surface area contributed by atoms with Gasteiger partial charge in [0.25, 0.3) is 5.91 Å². The zero-order valence-electron chi connectivity index (χ0n) is 11.2. The Labute approximate surface area is 115 Å². The Morgan fingerprint density at radius 2 is 2.00 bits per heavy atom. The molecular weight excluding hydrogens is 258 g/mol. The summed E-state index contributed by atoms with van der Waals surface area (Å²) in [4.78, 5) is 13.7. The fourth-order valence-electron chi connectivity index (χ4n) is 1.73. The molecule has 0 aliphatic heterocycles. The van der Waals surface area contributed by atoms with Gasteiger partial charge in [0, 0.05) is 31.5 Å². The number of aryl methyl sites for hydroxylation is 1. The van der Waals surface area contributed by atoms with Crippen molar-refractivity contribution in [1.29, 1.82) is 0 Å². The van der Waals surface area contributed by atoms with E-state index < -0.39 is 0 Å². The summed E-state index contributed by atoms with van der Waals surface area (Å²) < 4.78 is 1.57. The van der Waals surface area contributed by atoms with Crippen molar-refractivity contribution in [3.05, 3.63) is 47.8 Å². The maximum Gasteiger partial charge on any atom is 0.278 e. The van der Waals surface area contributed by atoms with E-state index in [1.165, 1.54) is 4.90 Å². The van der Waals surface area contributed by atoms with Gasteiger partial charge in [-0.1, -0.05) is 5.16 Å². The number of carbonyl (C=O) groups excluding carboxylic acids is 1. The summed E-state index contributed by atoms with van der Waals surface area (Å²) in [5.41, 5.74) is 7.12. The predicted octanol–water partition coefficient (Wildman–Crippen LogP) is 0.791. The molecule has 2 rings (SSSR count). The van der Waals surface area contributed by atoms with Crippen LogP contribution in [-0.4, -0.2) is 33.8 Å². The number of carbonyl (C=O) groups is 1. The lowest BCUT2D eigenvalue weighted by atomic mass is 10.2. The average Bonchev–Trinajstić information content (AvgIpc) is 2.91. The highest BCUT2D eigenvalue weighted by Gasteiger charge is 2.16. The Bertz CT molecular complexity index is 645.